The van der Waals surface area contributed by atoms with Crippen LogP contribution in [0.4, 0.5) is 0 Å². The summed E-state index contributed by atoms with van der Waals surface area (Å²) in [6.45, 7) is 9.38. The lowest BCUT2D eigenvalue weighted by atomic mass is 10.0. The average molecular weight is 599 g/mol. The summed E-state index contributed by atoms with van der Waals surface area (Å²) in [6, 6.07) is 0. The zero-order valence-corrected chi connectivity index (χ0v) is 27.2. The van der Waals surface area contributed by atoms with Crippen molar-refractivity contribution in [1.29, 1.82) is 0 Å². The monoisotopic (exact) mass is 598 g/mol. The Morgan fingerprint density at radius 1 is 0.619 bits per heavy atom. The summed E-state index contributed by atoms with van der Waals surface area (Å²) >= 11 is 0. The van der Waals surface area contributed by atoms with E-state index in [4.69, 9.17) is 24.5 Å². The smallest absolute Gasteiger partial charge is 0.306 e. The highest BCUT2D eigenvalue weighted by Gasteiger charge is 2.15. The van der Waals surface area contributed by atoms with E-state index >= 15 is 0 Å². The molecule has 10 heteroatoms. The maximum Gasteiger partial charge on any atom is 0.306 e. The zero-order chi connectivity index (χ0) is 31.0. The van der Waals surface area contributed by atoms with E-state index in [1.165, 1.54) is 77.0 Å². The number of unbranched alkanes of at least 4 members (excludes halogenated alkanes) is 15. The van der Waals surface area contributed by atoms with E-state index in [9.17, 15) is 9.59 Å². The van der Waals surface area contributed by atoms with Gasteiger partial charge < -0.3 is 24.3 Å². The van der Waals surface area contributed by atoms with Crippen LogP contribution in [0.2, 0.25) is 0 Å². The summed E-state index contributed by atoms with van der Waals surface area (Å²) in [4.78, 5) is 26.3. The largest absolute Gasteiger partial charge is 0.460 e. The standard InChI is InChI=1S/C32H62N4O6/c1-32(2,3)42-31(38)21-19-17-15-13-11-9-7-5-4-6-8-10-12-14-16-18-20-30(37)34-22-24-39-26-28-41-29-27-40-25-23-35-36-33/h4-29H2,1-3H3,(H,34,37). The third-order valence-corrected chi connectivity index (χ3v) is 6.67. The van der Waals surface area contributed by atoms with Gasteiger partial charge in [0, 0.05) is 30.8 Å². The molecule has 0 aliphatic carbocycles. The Bertz CT molecular complexity index is 680. The number of amides is 1. The molecule has 0 atom stereocenters. The molecule has 0 saturated heterocycles. The number of carbonyl (C=O) groups excluding carboxylic acids is 2. The molecule has 0 radical (unpaired) electrons. The van der Waals surface area contributed by atoms with Crippen molar-refractivity contribution in [3.63, 3.8) is 0 Å². The van der Waals surface area contributed by atoms with Crippen molar-refractivity contribution in [3.05, 3.63) is 10.4 Å². The van der Waals surface area contributed by atoms with Crippen molar-refractivity contribution in [1.82, 2.24) is 5.32 Å². The van der Waals surface area contributed by atoms with Gasteiger partial charge in [0.1, 0.15) is 5.60 Å². The lowest BCUT2D eigenvalue weighted by Gasteiger charge is -2.19. The predicted molar refractivity (Wildman–Crippen MR) is 168 cm³/mol. The SMILES string of the molecule is CC(C)(C)OC(=O)CCCCCCCCCCCCCCCCCCC(=O)NCCOCCOCCOCCN=[N+]=[N-]. The van der Waals surface area contributed by atoms with Gasteiger partial charge in [-0.15, -0.1) is 0 Å². The van der Waals surface area contributed by atoms with Crippen LogP contribution in [0.5, 0.6) is 0 Å². The third-order valence-electron chi connectivity index (χ3n) is 6.67. The first kappa shape index (κ1) is 40.1. The Labute approximate surface area is 256 Å². The molecule has 0 spiro atoms. The maximum atomic E-state index is 11.9. The van der Waals surface area contributed by atoms with E-state index < -0.39 is 0 Å². The van der Waals surface area contributed by atoms with Crippen molar-refractivity contribution >= 4 is 11.9 Å². The van der Waals surface area contributed by atoms with Crippen LogP contribution in [0.15, 0.2) is 5.11 Å². The van der Waals surface area contributed by atoms with Crippen molar-refractivity contribution < 1.29 is 28.5 Å². The van der Waals surface area contributed by atoms with Gasteiger partial charge in [-0.2, -0.15) is 0 Å². The topological polar surface area (TPSA) is 132 Å². The number of carbonyl (C=O) groups is 2. The number of hydrogen-bond acceptors (Lipinski definition) is 7. The fourth-order valence-electron chi connectivity index (χ4n) is 4.47. The van der Waals surface area contributed by atoms with E-state index in [-0.39, 0.29) is 17.5 Å². The fraction of sp³-hybridized carbons (Fsp3) is 0.938. The summed E-state index contributed by atoms with van der Waals surface area (Å²) in [5.74, 6) is 0.0347. The van der Waals surface area contributed by atoms with Gasteiger partial charge in [-0.1, -0.05) is 95.0 Å². The summed E-state index contributed by atoms with van der Waals surface area (Å²) in [6.07, 6.45) is 21.0. The fourth-order valence-corrected chi connectivity index (χ4v) is 4.47. The molecule has 1 N–H and O–H groups in total. The van der Waals surface area contributed by atoms with Crippen LogP contribution >= 0.6 is 0 Å². The molecule has 0 aromatic carbocycles. The normalized spacial score (nSPS) is 11.3. The second kappa shape index (κ2) is 30.6. The summed E-state index contributed by atoms with van der Waals surface area (Å²) in [7, 11) is 0. The first-order chi connectivity index (χ1) is 20.3. The second-order valence-electron chi connectivity index (χ2n) is 11.9. The van der Waals surface area contributed by atoms with Gasteiger partial charge in [-0.05, 0) is 39.1 Å². The third kappa shape index (κ3) is 34.3. The van der Waals surface area contributed by atoms with Crippen LogP contribution in [0.25, 0.3) is 10.4 Å². The summed E-state index contributed by atoms with van der Waals surface area (Å²) in [5.41, 5.74) is 7.77. The Morgan fingerprint density at radius 2 is 1.02 bits per heavy atom. The number of nitrogens with one attached hydrogen (secondary N) is 1. The molecule has 10 nitrogen and oxygen atoms in total. The Balaban J connectivity index is 3.21. The van der Waals surface area contributed by atoms with Gasteiger partial charge in [-0.3, -0.25) is 9.59 Å². The molecular formula is C32H62N4O6. The molecule has 0 rings (SSSR count). The van der Waals surface area contributed by atoms with E-state index in [0.29, 0.717) is 65.6 Å². The number of hydrogen-bond donors (Lipinski definition) is 1. The molecule has 1 amide bonds. The van der Waals surface area contributed by atoms with Gasteiger partial charge in [-0.25, -0.2) is 0 Å². The Hall–Kier alpha value is -1.87. The van der Waals surface area contributed by atoms with Crippen molar-refractivity contribution in [2.24, 2.45) is 5.11 Å². The van der Waals surface area contributed by atoms with E-state index in [2.05, 4.69) is 15.3 Å². The number of azide groups is 1. The lowest BCUT2D eigenvalue weighted by Crippen LogP contribution is -2.27. The van der Waals surface area contributed by atoms with Crippen LogP contribution in [-0.4, -0.2) is 70.2 Å². The highest BCUT2D eigenvalue weighted by molar-refractivity contribution is 5.75. The number of ether oxygens (including phenoxy) is 4. The van der Waals surface area contributed by atoms with E-state index in [0.717, 1.165) is 25.7 Å². The highest BCUT2D eigenvalue weighted by Crippen LogP contribution is 2.15. The Kier molecular flexibility index (Phi) is 29.2. The molecule has 246 valence electrons. The quantitative estimate of drug-likeness (QED) is 0.0284. The molecule has 0 bridgehead atoms. The first-order valence-corrected chi connectivity index (χ1v) is 16.6. The predicted octanol–water partition coefficient (Wildman–Crippen LogP) is 7.83. The van der Waals surface area contributed by atoms with Gasteiger partial charge in [0.25, 0.3) is 0 Å². The van der Waals surface area contributed by atoms with Crippen molar-refractivity contribution in [2.75, 3.05) is 52.7 Å². The average Bonchev–Trinajstić information content (AvgIpc) is 2.94. The van der Waals surface area contributed by atoms with Crippen LogP contribution in [0.1, 0.15) is 136 Å². The molecule has 0 unspecified atom stereocenters. The molecule has 42 heavy (non-hydrogen) atoms. The van der Waals surface area contributed by atoms with Crippen LogP contribution in [-0.2, 0) is 28.5 Å². The molecule has 0 saturated carbocycles. The minimum atomic E-state index is -0.371. The van der Waals surface area contributed by atoms with Gasteiger partial charge in [0.2, 0.25) is 5.91 Å². The summed E-state index contributed by atoms with van der Waals surface area (Å²) in [5, 5.41) is 6.29. The van der Waals surface area contributed by atoms with Gasteiger partial charge in [0.05, 0.1) is 39.6 Å². The van der Waals surface area contributed by atoms with E-state index in [1.54, 1.807) is 0 Å². The lowest BCUT2D eigenvalue weighted by molar-refractivity contribution is -0.154. The van der Waals surface area contributed by atoms with Crippen molar-refractivity contribution in [3.8, 4) is 0 Å². The minimum Gasteiger partial charge on any atom is -0.460 e. The highest BCUT2D eigenvalue weighted by atomic mass is 16.6. The number of esters is 1. The maximum absolute atomic E-state index is 11.9. The zero-order valence-electron chi connectivity index (χ0n) is 27.2. The Morgan fingerprint density at radius 3 is 1.48 bits per heavy atom. The summed E-state index contributed by atoms with van der Waals surface area (Å²) < 4.78 is 21.4. The molecule has 0 aromatic rings. The van der Waals surface area contributed by atoms with Crippen LogP contribution in [0.3, 0.4) is 0 Å². The van der Waals surface area contributed by atoms with E-state index in [1.807, 2.05) is 20.8 Å². The first-order valence-electron chi connectivity index (χ1n) is 16.6. The van der Waals surface area contributed by atoms with Crippen LogP contribution in [0, 0.1) is 0 Å². The molecule has 0 aliphatic heterocycles. The number of nitrogens with zero attached hydrogens (tertiary/aromatic N) is 3. The number of rotatable bonds is 31. The molecule has 0 fully saturated rings. The molecule has 0 heterocycles. The minimum absolute atomic E-state index is 0.0680. The molecule has 0 aromatic heterocycles. The van der Waals surface area contributed by atoms with Gasteiger partial charge in [0.15, 0.2) is 0 Å². The molecule has 0 aliphatic rings. The van der Waals surface area contributed by atoms with Gasteiger partial charge >= 0.3 is 5.97 Å². The van der Waals surface area contributed by atoms with Crippen molar-refractivity contribution in [2.45, 2.75) is 142 Å². The van der Waals surface area contributed by atoms with Crippen LogP contribution < -0.4 is 5.32 Å². The molecular weight excluding hydrogens is 536 g/mol. The second-order valence-corrected chi connectivity index (χ2v) is 11.9.